The van der Waals surface area contributed by atoms with E-state index in [2.05, 4.69) is 29.6 Å². The quantitative estimate of drug-likeness (QED) is 0.481. The van der Waals surface area contributed by atoms with Gasteiger partial charge in [0.15, 0.2) is 0 Å². The second-order valence-electron chi connectivity index (χ2n) is 8.43. The SMILES string of the molecule is N#Cc1ccc(S(=O)(=O)N(CC(=O)NCCC(c2ccccc2)c2ccccc2)C2CC2)cc1. The van der Waals surface area contributed by atoms with Crippen LogP contribution in [0.5, 0.6) is 0 Å². The van der Waals surface area contributed by atoms with Gasteiger partial charge >= 0.3 is 0 Å². The molecule has 0 saturated heterocycles. The van der Waals surface area contributed by atoms with Crippen molar-refractivity contribution < 1.29 is 13.2 Å². The van der Waals surface area contributed by atoms with E-state index in [1.54, 1.807) is 0 Å². The van der Waals surface area contributed by atoms with E-state index in [0.29, 0.717) is 18.5 Å². The fraction of sp³-hybridized carbons (Fsp3) is 0.259. The Labute approximate surface area is 200 Å². The minimum atomic E-state index is -3.82. The highest BCUT2D eigenvalue weighted by atomic mass is 32.2. The third-order valence-corrected chi connectivity index (χ3v) is 7.92. The van der Waals surface area contributed by atoms with Crippen molar-refractivity contribution in [1.82, 2.24) is 9.62 Å². The Morgan fingerprint density at radius 3 is 2.00 bits per heavy atom. The molecular formula is C27H27N3O3S. The monoisotopic (exact) mass is 473 g/mol. The Hall–Kier alpha value is -3.47. The second kappa shape index (κ2) is 10.6. The molecule has 1 saturated carbocycles. The van der Waals surface area contributed by atoms with Crippen molar-refractivity contribution in [3.63, 3.8) is 0 Å². The molecule has 0 radical (unpaired) electrons. The van der Waals surface area contributed by atoms with Gasteiger partial charge in [-0.15, -0.1) is 0 Å². The fourth-order valence-electron chi connectivity index (χ4n) is 4.06. The summed E-state index contributed by atoms with van der Waals surface area (Å²) in [5.41, 5.74) is 2.73. The van der Waals surface area contributed by atoms with Crippen LogP contribution in [0.3, 0.4) is 0 Å². The molecule has 0 aromatic heterocycles. The average Bonchev–Trinajstić information content (AvgIpc) is 3.71. The molecule has 0 bridgehead atoms. The molecule has 0 unspecified atom stereocenters. The number of benzene rings is 3. The zero-order valence-electron chi connectivity index (χ0n) is 18.8. The van der Waals surface area contributed by atoms with Gasteiger partial charge in [0.1, 0.15) is 0 Å². The van der Waals surface area contributed by atoms with Crippen molar-refractivity contribution in [2.45, 2.75) is 36.1 Å². The number of nitrogens with one attached hydrogen (secondary N) is 1. The maximum Gasteiger partial charge on any atom is 0.243 e. The van der Waals surface area contributed by atoms with Gasteiger partial charge in [-0.1, -0.05) is 60.7 Å². The lowest BCUT2D eigenvalue weighted by Gasteiger charge is -2.22. The lowest BCUT2D eigenvalue weighted by atomic mass is 9.88. The van der Waals surface area contributed by atoms with Gasteiger partial charge in [-0.2, -0.15) is 9.57 Å². The average molecular weight is 474 g/mol. The summed E-state index contributed by atoms with van der Waals surface area (Å²) < 4.78 is 27.6. The van der Waals surface area contributed by atoms with Crippen LogP contribution in [0.25, 0.3) is 0 Å². The number of nitrogens with zero attached hydrogens (tertiary/aromatic N) is 2. The highest BCUT2D eigenvalue weighted by molar-refractivity contribution is 7.89. The van der Waals surface area contributed by atoms with Crippen molar-refractivity contribution in [3.8, 4) is 6.07 Å². The molecule has 0 spiro atoms. The van der Waals surface area contributed by atoms with E-state index in [1.165, 1.54) is 39.7 Å². The van der Waals surface area contributed by atoms with E-state index < -0.39 is 10.0 Å². The molecule has 0 heterocycles. The highest BCUT2D eigenvalue weighted by Gasteiger charge is 2.39. The first-order valence-electron chi connectivity index (χ1n) is 11.4. The van der Waals surface area contributed by atoms with E-state index in [-0.39, 0.29) is 29.3 Å². The Balaban J connectivity index is 1.41. The molecule has 174 valence electrons. The van der Waals surface area contributed by atoms with Gasteiger partial charge in [0.05, 0.1) is 23.1 Å². The fourth-order valence-corrected chi connectivity index (χ4v) is 5.70. The summed E-state index contributed by atoms with van der Waals surface area (Å²) in [5, 5.41) is 11.9. The normalized spacial score (nSPS) is 13.6. The van der Waals surface area contributed by atoms with Crippen LogP contribution in [0.1, 0.15) is 41.9 Å². The van der Waals surface area contributed by atoms with Crippen molar-refractivity contribution in [2.75, 3.05) is 13.1 Å². The number of amides is 1. The van der Waals surface area contributed by atoms with Crippen LogP contribution in [0.4, 0.5) is 0 Å². The molecular weight excluding hydrogens is 446 g/mol. The van der Waals surface area contributed by atoms with Gasteiger partial charge in [0.2, 0.25) is 15.9 Å². The van der Waals surface area contributed by atoms with E-state index >= 15 is 0 Å². The van der Waals surface area contributed by atoms with E-state index in [1.807, 2.05) is 42.5 Å². The third-order valence-electron chi connectivity index (χ3n) is 6.00. The van der Waals surface area contributed by atoms with Crippen LogP contribution in [0.15, 0.2) is 89.8 Å². The third kappa shape index (κ3) is 5.71. The summed E-state index contributed by atoms with van der Waals surface area (Å²) in [6, 6.07) is 27.9. The summed E-state index contributed by atoms with van der Waals surface area (Å²) in [6.45, 7) is 0.219. The van der Waals surface area contributed by atoms with Crippen LogP contribution in [-0.2, 0) is 14.8 Å². The van der Waals surface area contributed by atoms with E-state index in [9.17, 15) is 13.2 Å². The molecule has 34 heavy (non-hydrogen) atoms. The van der Waals surface area contributed by atoms with Crippen molar-refractivity contribution in [3.05, 3.63) is 102 Å². The van der Waals surface area contributed by atoms with Crippen LogP contribution < -0.4 is 5.32 Å². The molecule has 1 amide bonds. The Morgan fingerprint density at radius 2 is 1.50 bits per heavy atom. The number of carbonyl (C=O) groups excluding carboxylic acids is 1. The second-order valence-corrected chi connectivity index (χ2v) is 10.3. The van der Waals surface area contributed by atoms with Gasteiger partial charge in [0.25, 0.3) is 0 Å². The van der Waals surface area contributed by atoms with Crippen LogP contribution in [0, 0.1) is 11.3 Å². The van der Waals surface area contributed by atoms with Gasteiger partial charge in [0, 0.05) is 18.5 Å². The number of sulfonamides is 1. The number of rotatable bonds is 10. The molecule has 3 aromatic carbocycles. The Bertz CT molecular complexity index is 1210. The Morgan fingerprint density at radius 1 is 0.941 bits per heavy atom. The van der Waals surface area contributed by atoms with Gasteiger partial charge in [-0.05, 0) is 54.7 Å². The minimum Gasteiger partial charge on any atom is -0.355 e. The standard InChI is InChI=1S/C27H27N3O3S/c28-19-21-11-15-25(16-12-21)34(32,33)30(24-13-14-24)20-27(31)29-18-17-26(22-7-3-1-4-8-22)23-9-5-2-6-10-23/h1-12,15-16,24,26H,13-14,17-18,20H2,(H,29,31). The molecule has 1 N–H and O–H groups in total. The molecule has 4 rings (SSSR count). The number of nitriles is 1. The number of hydrogen-bond donors (Lipinski definition) is 1. The van der Waals surface area contributed by atoms with Gasteiger partial charge in [-0.25, -0.2) is 8.42 Å². The summed E-state index contributed by atoms with van der Waals surface area (Å²) >= 11 is 0. The lowest BCUT2D eigenvalue weighted by molar-refractivity contribution is -0.121. The van der Waals surface area contributed by atoms with Crippen molar-refractivity contribution >= 4 is 15.9 Å². The maximum absolute atomic E-state index is 13.2. The zero-order chi connectivity index (χ0) is 24.0. The smallest absolute Gasteiger partial charge is 0.243 e. The largest absolute Gasteiger partial charge is 0.355 e. The predicted molar refractivity (Wildman–Crippen MR) is 130 cm³/mol. The van der Waals surface area contributed by atoms with Crippen molar-refractivity contribution in [2.24, 2.45) is 0 Å². The summed E-state index contributed by atoms with van der Waals surface area (Å²) in [5.74, 6) is -0.186. The molecule has 1 fully saturated rings. The van der Waals surface area contributed by atoms with Crippen LogP contribution in [0.2, 0.25) is 0 Å². The molecule has 3 aromatic rings. The highest BCUT2D eigenvalue weighted by Crippen LogP contribution is 2.32. The first-order valence-corrected chi connectivity index (χ1v) is 12.8. The van der Waals surface area contributed by atoms with Crippen LogP contribution in [-0.4, -0.2) is 37.8 Å². The van der Waals surface area contributed by atoms with E-state index in [0.717, 1.165) is 12.8 Å². The molecule has 7 heteroatoms. The zero-order valence-corrected chi connectivity index (χ0v) is 19.6. The van der Waals surface area contributed by atoms with Gasteiger partial charge < -0.3 is 5.32 Å². The molecule has 1 aliphatic carbocycles. The first kappa shape index (κ1) is 23.7. The summed E-state index contributed by atoms with van der Waals surface area (Å²) in [6.07, 6.45) is 2.19. The van der Waals surface area contributed by atoms with E-state index in [4.69, 9.17) is 5.26 Å². The Kier molecular flexibility index (Phi) is 7.41. The lowest BCUT2D eigenvalue weighted by Crippen LogP contribution is -2.42. The molecule has 0 atom stereocenters. The maximum atomic E-state index is 13.2. The first-order chi connectivity index (χ1) is 16.5. The van der Waals surface area contributed by atoms with Crippen molar-refractivity contribution in [1.29, 1.82) is 5.26 Å². The summed E-state index contributed by atoms with van der Waals surface area (Å²) in [7, 11) is -3.82. The summed E-state index contributed by atoms with van der Waals surface area (Å²) in [4.78, 5) is 12.9. The number of hydrogen-bond acceptors (Lipinski definition) is 4. The molecule has 0 aliphatic heterocycles. The van der Waals surface area contributed by atoms with Crippen LogP contribution >= 0.6 is 0 Å². The predicted octanol–water partition coefficient (Wildman–Crippen LogP) is 4.05. The number of carbonyl (C=O) groups is 1. The molecule has 1 aliphatic rings. The topological polar surface area (TPSA) is 90.3 Å². The molecule has 6 nitrogen and oxygen atoms in total. The minimum absolute atomic E-state index is 0.0967. The van der Waals surface area contributed by atoms with Gasteiger partial charge in [-0.3, -0.25) is 4.79 Å².